The molecule has 0 aliphatic rings. The second kappa shape index (κ2) is 11.2. The van der Waals surface area contributed by atoms with E-state index in [4.69, 9.17) is 10.5 Å². The number of carbonyl (C=O) groups excluding carboxylic acids is 3. The molecule has 0 saturated carbocycles. The number of hydrogen-bond acceptors (Lipinski definition) is 9. The normalized spacial score (nSPS) is 11.1. The molecule has 34 heavy (non-hydrogen) atoms. The molecule has 0 aliphatic carbocycles. The van der Waals surface area contributed by atoms with Gasteiger partial charge in [0.25, 0.3) is 5.91 Å². The zero-order chi connectivity index (χ0) is 25.0. The molecule has 3 aromatic heterocycles. The Morgan fingerprint density at radius 2 is 2.03 bits per heavy atom. The third-order valence-electron chi connectivity index (χ3n) is 4.93. The first kappa shape index (κ1) is 25.9. The molecule has 0 unspecified atom stereocenters. The standard InChI is InChI=1S/C22H27N5O4S3/c1-6-7-14-8-13(9-32-14)19-25-26-22(27(19)11(2)3)33-10-15(28)24-20-16(21(30)31-5)12(4)17(34-20)18(23)29/h8-9,11H,6-7,10H2,1-5H3,(H2,23,29)(H,24,28). The Morgan fingerprint density at radius 1 is 1.29 bits per heavy atom. The Kier molecular flexibility index (Phi) is 8.50. The van der Waals surface area contributed by atoms with E-state index in [2.05, 4.69) is 33.9 Å². The SMILES string of the molecule is CCCc1cc(-c2nnc(SCC(=O)Nc3sc(C(N)=O)c(C)c3C(=O)OC)n2C(C)C)cs1. The Balaban J connectivity index is 1.78. The summed E-state index contributed by atoms with van der Waals surface area (Å²) in [4.78, 5) is 38.1. The van der Waals surface area contributed by atoms with Gasteiger partial charge in [-0.25, -0.2) is 4.79 Å². The second-order valence-corrected chi connectivity index (χ2v) is 10.7. The van der Waals surface area contributed by atoms with Crippen LogP contribution in [0.1, 0.15) is 63.7 Å². The molecule has 0 spiro atoms. The fraction of sp³-hybridized carbons (Fsp3) is 0.409. The summed E-state index contributed by atoms with van der Waals surface area (Å²) >= 11 is 3.91. The molecule has 0 fully saturated rings. The van der Waals surface area contributed by atoms with Crippen molar-refractivity contribution in [2.24, 2.45) is 5.73 Å². The summed E-state index contributed by atoms with van der Waals surface area (Å²) in [5.74, 6) is -0.862. The Morgan fingerprint density at radius 3 is 2.65 bits per heavy atom. The lowest BCUT2D eigenvalue weighted by atomic mass is 10.1. The highest BCUT2D eigenvalue weighted by Crippen LogP contribution is 2.34. The van der Waals surface area contributed by atoms with E-state index in [1.807, 2.05) is 18.4 Å². The number of aromatic nitrogens is 3. The number of thioether (sulfide) groups is 1. The number of nitrogens with two attached hydrogens (primary N) is 1. The van der Waals surface area contributed by atoms with Crippen LogP contribution in [-0.4, -0.2) is 45.4 Å². The molecule has 12 heteroatoms. The van der Waals surface area contributed by atoms with E-state index in [0.29, 0.717) is 10.7 Å². The third-order valence-corrected chi connectivity index (χ3v) is 8.10. The summed E-state index contributed by atoms with van der Waals surface area (Å²) < 4.78 is 6.81. The van der Waals surface area contributed by atoms with Crippen molar-refractivity contribution in [3.63, 3.8) is 0 Å². The lowest BCUT2D eigenvalue weighted by Crippen LogP contribution is -2.16. The van der Waals surface area contributed by atoms with Crippen molar-refractivity contribution in [1.82, 2.24) is 14.8 Å². The van der Waals surface area contributed by atoms with Gasteiger partial charge in [-0.05, 0) is 38.8 Å². The number of primary amides is 1. The number of methoxy groups -OCH3 is 1. The van der Waals surface area contributed by atoms with Gasteiger partial charge in [0, 0.05) is 21.9 Å². The minimum Gasteiger partial charge on any atom is -0.465 e. The zero-order valence-corrected chi connectivity index (χ0v) is 22.1. The maximum atomic E-state index is 12.7. The lowest BCUT2D eigenvalue weighted by Gasteiger charge is -2.13. The average molecular weight is 522 g/mol. The summed E-state index contributed by atoms with van der Waals surface area (Å²) in [5, 5.41) is 14.3. The first-order valence-electron chi connectivity index (χ1n) is 10.6. The molecular formula is C22H27N5O4S3. The Bertz CT molecular complexity index is 1210. The van der Waals surface area contributed by atoms with Gasteiger partial charge in [0.1, 0.15) is 5.00 Å². The van der Waals surface area contributed by atoms with Crippen molar-refractivity contribution < 1.29 is 19.1 Å². The number of nitrogens with one attached hydrogen (secondary N) is 1. The van der Waals surface area contributed by atoms with Gasteiger partial charge in [0.05, 0.1) is 23.3 Å². The fourth-order valence-corrected chi connectivity index (χ4v) is 6.29. The molecule has 182 valence electrons. The quantitative estimate of drug-likeness (QED) is 0.296. The summed E-state index contributed by atoms with van der Waals surface area (Å²) in [5.41, 5.74) is 6.93. The summed E-state index contributed by atoms with van der Waals surface area (Å²) in [6.45, 7) is 7.82. The number of ether oxygens (including phenoxy) is 1. The van der Waals surface area contributed by atoms with Gasteiger partial charge >= 0.3 is 5.97 Å². The molecule has 0 radical (unpaired) electrons. The largest absolute Gasteiger partial charge is 0.465 e. The van der Waals surface area contributed by atoms with Gasteiger partial charge in [-0.1, -0.05) is 25.1 Å². The molecule has 3 N–H and O–H groups in total. The summed E-state index contributed by atoms with van der Waals surface area (Å²) in [6, 6.07) is 2.23. The predicted octanol–water partition coefficient (Wildman–Crippen LogP) is 4.53. The maximum absolute atomic E-state index is 12.7. The van der Waals surface area contributed by atoms with Crippen LogP contribution in [0.4, 0.5) is 5.00 Å². The third kappa shape index (κ3) is 5.50. The van der Waals surface area contributed by atoms with Gasteiger partial charge in [-0.2, -0.15) is 0 Å². The molecule has 0 aromatic carbocycles. The molecule has 2 amide bonds. The number of thiophene rings is 2. The lowest BCUT2D eigenvalue weighted by molar-refractivity contribution is -0.113. The predicted molar refractivity (Wildman–Crippen MR) is 136 cm³/mol. The minimum atomic E-state index is -0.671. The number of carbonyl (C=O) groups is 3. The smallest absolute Gasteiger partial charge is 0.341 e. The monoisotopic (exact) mass is 521 g/mol. The van der Waals surface area contributed by atoms with Gasteiger partial charge in [-0.3, -0.25) is 14.2 Å². The van der Waals surface area contributed by atoms with E-state index in [1.54, 1.807) is 18.3 Å². The van der Waals surface area contributed by atoms with Gasteiger partial charge in [-0.15, -0.1) is 32.9 Å². The van der Waals surface area contributed by atoms with Crippen molar-refractivity contribution in [2.75, 3.05) is 18.2 Å². The number of anilines is 1. The van der Waals surface area contributed by atoms with E-state index in [1.165, 1.54) is 23.7 Å². The number of hydrogen-bond donors (Lipinski definition) is 2. The number of esters is 1. The second-order valence-electron chi connectivity index (χ2n) is 7.77. The first-order chi connectivity index (χ1) is 16.2. The van der Waals surface area contributed by atoms with Crippen LogP contribution in [-0.2, 0) is 16.0 Å². The van der Waals surface area contributed by atoms with Crippen molar-refractivity contribution in [1.29, 1.82) is 0 Å². The van der Waals surface area contributed by atoms with Crippen LogP contribution in [0.25, 0.3) is 11.4 Å². The molecule has 3 rings (SSSR count). The number of nitrogens with zero attached hydrogens (tertiary/aromatic N) is 3. The molecular weight excluding hydrogens is 494 g/mol. The Labute approximate surface area is 210 Å². The average Bonchev–Trinajstić information content (AvgIpc) is 3.49. The van der Waals surface area contributed by atoms with E-state index in [0.717, 1.165) is 35.6 Å². The molecule has 3 heterocycles. The first-order valence-corrected chi connectivity index (χ1v) is 13.3. The molecule has 0 saturated heterocycles. The van der Waals surface area contributed by atoms with Gasteiger partial charge in [0.15, 0.2) is 11.0 Å². The van der Waals surface area contributed by atoms with Crippen LogP contribution in [0.15, 0.2) is 16.6 Å². The topological polar surface area (TPSA) is 129 Å². The van der Waals surface area contributed by atoms with E-state index in [9.17, 15) is 14.4 Å². The summed E-state index contributed by atoms with van der Waals surface area (Å²) in [6.07, 6.45) is 2.10. The van der Waals surface area contributed by atoms with Crippen LogP contribution in [0.5, 0.6) is 0 Å². The van der Waals surface area contributed by atoms with Crippen molar-refractivity contribution in [2.45, 2.75) is 51.7 Å². The van der Waals surface area contributed by atoms with Crippen molar-refractivity contribution in [3.05, 3.63) is 32.3 Å². The molecule has 0 bridgehead atoms. The van der Waals surface area contributed by atoms with E-state index in [-0.39, 0.29) is 33.1 Å². The van der Waals surface area contributed by atoms with Crippen LogP contribution in [0.2, 0.25) is 0 Å². The highest BCUT2D eigenvalue weighted by atomic mass is 32.2. The van der Waals surface area contributed by atoms with E-state index >= 15 is 0 Å². The molecule has 9 nitrogen and oxygen atoms in total. The number of amides is 2. The van der Waals surface area contributed by atoms with Crippen LogP contribution < -0.4 is 11.1 Å². The van der Waals surface area contributed by atoms with E-state index < -0.39 is 11.9 Å². The number of rotatable bonds is 10. The highest BCUT2D eigenvalue weighted by Gasteiger charge is 2.26. The molecule has 3 aromatic rings. The Hall–Kier alpha value is -2.70. The van der Waals surface area contributed by atoms with Crippen LogP contribution in [0.3, 0.4) is 0 Å². The highest BCUT2D eigenvalue weighted by molar-refractivity contribution is 7.99. The van der Waals surface area contributed by atoms with Crippen LogP contribution >= 0.6 is 34.4 Å². The molecule has 0 atom stereocenters. The van der Waals surface area contributed by atoms with Crippen LogP contribution in [0, 0.1) is 6.92 Å². The van der Waals surface area contributed by atoms with Gasteiger partial charge in [0.2, 0.25) is 5.91 Å². The van der Waals surface area contributed by atoms with Crippen molar-refractivity contribution in [3.8, 4) is 11.4 Å². The van der Waals surface area contributed by atoms with Gasteiger partial charge < -0.3 is 15.8 Å². The molecule has 0 aliphatic heterocycles. The maximum Gasteiger partial charge on any atom is 0.341 e. The minimum absolute atomic E-state index is 0.0407. The zero-order valence-electron chi connectivity index (χ0n) is 19.6. The fourth-order valence-electron chi connectivity index (χ4n) is 3.39. The summed E-state index contributed by atoms with van der Waals surface area (Å²) in [7, 11) is 1.24. The number of aryl methyl sites for hydroxylation is 1. The van der Waals surface area contributed by atoms with Crippen molar-refractivity contribution >= 4 is 57.2 Å².